The molecule has 0 radical (unpaired) electrons. The molecule has 1 amide bonds. The van der Waals surface area contributed by atoms with Gasteiger partial charge in [-0.25, -0.2) is 9.78 Å². The standard InChI is InChI=1S/C13H18N4O2/c1-13(2,3)19-12(18)15-6-10-8-17-7-9(14)4-5-11(17)16-10/h4-5,7-8H,6,14H2,1-3H3,(H,15,18). The number of hydrogen-bond acceptors (Lipinski definition) is 4. The first-order valence-electron chi connectivity index (χ1n) is 6.03. The molecule has 0 fully saturated rings. The lowest BCUT2D eigenvalue weighted by atomic mass is 10.2. The van der Waals surface area contributed by atoms with Gasteiger partial charge < -0.3 is 20.2 Å². The molecule has 0 atom stereocenters. The van der Waals surface area contributed by atoms with E-state index >= 15 is 0 Å². The number of imidazole rings is 1. The molecule has 3 N–H and O–H groups in total. The van der Waals surface area contributed by atoms with Crippen LogP contribution in [-0.2, 0) is 11.3 Å². The normalized spacial score (nSPS) is 11.5. The van der Waals surface area contributed by atoms with Crippen LogP contribution in [0.25, 0.3) is 5.65 Å². The third kappa shape index (κ3) is 3.61. The molecule has 0 bridgehead atoms. The van der Waals surface area contributed by atoms with Crippen LogP contribution in [0.3, 0.4) is 0 Å². The summed E-state index contributed by atoms with van der Waals surface area (Å²) < 4.78 is 6.97. The van der Waals surface area contributed by atoms with E-state index in [4.69, 9.17) is 10.5 Å². The summed E-state index contributed by atoms with van der Waals surface area (Å²) in [5.41, 5.74) is 7.38. The third-order valence-electron chi connectivity index (χ3n) is 2.34. The van der Waals surface area contributed by atoms with Crippen LogP contribution in [0.4, 0.5) is 10.5 Å². The van der Waals surface area contributed by atoms with Crippen LogP contribution in [0.1, 0.15) is 26.5 Å². The average Bonchev–Trinajstić information content (AvgIpc) is 2.66. The van der Waals surface area contributed by atoms with E-state index in [9.17, 15) is 4.79 Å². The molecular formula is C13H18N4O2. The van der Waals surface area contributed by atoms with Crippen LogP contribution >= 0.6 is 0 Å². The highest BCUT2D eigenvalue weighted by molar-refractivity contribution is 5.67. The van der Waals surface area contributed by atoms with Gasteiger partial charge in [0.25, 0.3) is 0 Å². The molecule has 19 heavy (non-hydrogen) atoms. The number of amides is 1. The topological polar surface area (TPSA) is 81.6 Å². The van der Waals surface area contributed by atoms with Gasteiger partial charge in [-0.2, -0.15) is 0 Å². The second-order valence-electron chi connectivity index (χ2n) is 5.32. The largest absolute Gasteiger partial charge is 0.444 e. The van der Waals surface area contributed by atoms with E-state index in [0.717, 1.165) is 11.3 Å². The second kappa shape index (κ2) is 4.79. The van der Waals surface area contributed by atoms with Crippen molar-refractivity contribution in [3.05, 3.63) is 30.2 Å². The number of rotatable bonds is 2. The number of aromatic nitrogens is 2. The number of carbonyl (C=O) groups is 1. The predicted octanol–water partition coefficient (Wildman–Crippen LogP) is 1.94. The molecule has 0 aliphatic carbocycles. The lowest BCUT2D eigenvalue weighted by Gasteiger charge is -2.19. The first kappa shape index (κ1) is 13.2. The zero-order valence-electron chi connectivity index (χ0n) is 11.3. The quantitative estimate of drug-likeness (QED) is 0.866. The van der Waals surface area contributed by atoms with E-state index in [-0.39, 0.29) is 0 Å². The molecule has 2 aromatic rings. The van der Waals surface area contributed by atoms with Crippen molar-refractivity contribution in [2.24, 2.45) is 0 Å². The Balaban J connectivity index is 2.00. The molecular weight excluding hydrogens is 244 g/mol. The summed E-state index contributed by atoms with van der Waals surface area (Å²) in [6.45, 7) is 5.78. The summed E-state index contributed by atoms with van der Waals surface area (Å²) in [4.78, 5) is 15.9. The van der Waals surface area contributed by atoms with Crippen LogP contribution in [0.2, 0.25) is 0 Å². The number of nitrogens with one attached hydrogen (secondary N) is 1. The monoisotopic (exact) mass is 262 g/mol. The van der Waals surface area contributed by atoms with Gasteiger partial charge in [0.2, 0.25) is 0 Å². The minimum absolute atomic E-state index is 0.316. The van der Waals surface area contributed by atoms with Crippen molar-refractivity contribution in [3.8, 4) is 0 Å². The van der Waals surface area contributed by atoms with Crippen molar-refractivity contribution in [2.45, 2.75) is 32.9 Å². The predicted molar refractivity (Wildman–Crippen MR) is 72.7 cm³/mol. The fourth-order valence-corrected chi connectivity index (χ4v) is 1.62. The first-order valence-corrected chi connectivity index (χ1v) is 6.03. The zero-order chi connectivity index (χ0) is 14.0. The van der Waals surface area contributed by atoms with E-state index in [1.807, 2.05) is 37.4 Å². The van der Waals surface area contributed by atoms with Gasteiger partial charge in [-0.05, 0) is 32.9 Å². The van der Waals surface area contributed by atoms with Gasteiger partial charge in [0.1, 0.15) is 11.2 Å². The number of nitrogen functional groups attached to an aromatic ring is 1. The summed E-state index contributed by atoms with van der Waals surface area (Å²) in [5, 5.41) is 2.66. The minimum Gasteiger partial charge on any atom is -0.444 e. The Morgan fingerprint density at radius 1 is 1.42 bits per heavy atom. The average molecular weight is 262 g/mol. The van der Waals surface area contributed by atoms with Crippen LogP contribution in [0.15, 0.2) is 24.5 Å². The Kier molecular flexibility index (Phi) is 3.33. The fraction of sp³-hybridized carbons (Fsp3) is 0.385. The van der Waals surface area contributed by atoms with E-state index in [2.05, 4.69) is 10.3 Å². The molecule has 0 aliphatic heterocycles. The molecule has 0 aliphatic rings. The SMILES string of the molecule is CC(C)(C)OC(=O)NCc1cn2cc(N)ccc2n1. The van der Waals surface area contributed by atoms with Crippen molar-refractivity contribution >= 4 is 17.4 Å². The van der Waals surface area contributed by atoms with E-state index in [0.29, 0.717) is 12.2 Å². The smallest absolute Gasteiger partial charge is 0.407 e. The number of fused-ring (bicyclic) bond motifs is 1. The number of pyridine rings is 1. The van der Waals surface area contributed by atoms with E-state index < -0.39 is 11.7 Å². The number of nitrogens with two attached hydrogens (primary N) is 1. The van der Waals surface area contributed by atoms with Crippen molar-refractivity contribution in [3.63, 3.8) is 0 Å². The lowest BCUT2D eigenvalue weighted by molar-refractivity contribution is 0.0523. The highest BCUT2D eigenvalue weighted by Gasteiger charge is 2.16. The highest BCUT2D eigenvalue weighted by atomic mass is 16.6. The van der Waals surface area contributed by atoms with Gasteiger partial charge in [-0.15, -0.1) is 0 Å². The molecule has 2 aromatic heterocycles. The van der Waals surface area contributed by atoms with E-state index in [1.165, 1.54) is 0 Å². The Bertz CT molecular complexity index is 598. The number of ether oxygens (including phenoxy) is 1. The lowest BCUT2D eigenvalue weighted by Crippen LogP contribution is -2.32. The number of carbonyl (C=O) groups excluding carboxylic acids is 1. The first-order chi connectivity index (χ1) is 8.83. The second-order valence-corrected chi connectivity index (χ2v) is 5.32. The molecule has 2 heterocycles. The van der Waals surface area contributed by atoms with Gasteiger partial charge in [0.05, 0.1) is 12.2 Å². The molecule has 0 saturated heterocycles. The molecule has 102 valence electrons. The van der Waals surface area contributed by atoms with Gasteiger partial charge in [-0.1, -0.05) is 0 Å². The van der Waals surface area contributed by atoms with Gasteiger partial charge in [-0.3, -0.25) is 0 Å². The molecule has 2 rings (SSSR count). The Hall–Kier alpha value is -2.24. The Morgan fingerprint density at radius 3 is 2.84 bits per heavy atom. The summed E-state index contributed by atoms with van der Waals surface area (Å²) in [5.74, 6) is 0. The summed E-state index contributed by atoms with van der Waals surface area (Å²) in [7, 11) is 0. The number of anilines is 1. The molecule has 6 nitrogen and oxygen atoms in total. The van der Waals surface area contributed by atoms with Gasteiger partial charge >= 0.3 is 6.09 Å². The number of hydrogen-bond donors (Lipinski definition) is 2. The van der Waals surface area contributed by atoms with E-state index in [1.54, 1.807) is 12.3 Å². The maximum absolute atomic E-state index is 11.5. The maximum Gasteiger partial charge on any atom is 0.407 e. The summed E-state index contributed by atoms with van der Waals surface area (Å²) >= 11 is 0. The highest BCUT2D eigenvalue weighted by Crippen LogP contribution is 2.10. The van der Waals surface area contributed by atoms with Crippen molar-refractivity contribution in [1.29, 1.82) is 0 Å². The Morgan fingerprint density at radius 2 is 2.16 bits per heavy atom. The van der Waals surface area contributed by atoms with Gasteiger partial charge in [0.15, 0.2) is 0 Å². The minimum atomic E-state index is -0.503. The van der Waals surface area contributed by atoms with Crippen molar-refractivity contribution in [2.75, 3.05) is 5.73 Å². The molecule has 0 aromatic carbocycles. The molecule has 0 saturated carbocycles. The van der Waals surface area contributed by atoms with Crippen LogP contribution in [0, 0.1) is 0 Å². The molecule has 0 unspecified atom stereocenters. The third-order valence-corrected chi connectivity index (χ3v) is 2.34. The van der Waals surface area contributed by atoms with Crippen molar-refractivity contribution in [1.82, 2.24) is 14.7 Å². The van der Waals surface area contributed by atoms with Crippen LogP contribution in [-0.4, -0.2) is 21.1 Å². The maximum atomic E-state index is 11.5. The number of alkyl carbamates (subject to hydrolysis) is 1. The zero-order valence-corrected chi connectivity index (χ0v) is 11.3. The van der Waals surface area contributed by atoms with Crippen LogP contribution in [0.5, 0.6) is 0 Å². The molecule has 6 heteroatoms. The summed E-state index contributed by atoms with van der Waals surface area (Å²) in [6.07, 6.45) is 3.15. The van der Waals surface area contributed by atoms with Crippen molar-refractivity contribution < 1.29 is 9.53 Å². The molecule has 0 spiro atoms. The van der Waals surface area contributed by atoms with Gasteiger partial charge in [0, 0.05) is 18.1 Å². The number of nitrogens with zero attached hydrogens (tertiary/aromatic N) is 2. The summed E-state index contributed by atoms with van der Waals surface area (Å²) in [6, 6.07) is 3.61. The Labute approximate surface area is 111 Å². The fourth-order valence-electron chi connectivity index (χ4n) is 1.62. The van der Waals surface area contributed by atoms with Crippen LogP contribution < -0.4 is 11.1 Å².